The molecule has 0 fully saturated rings. The molecule has 2 aromatic rings. The van der Waals surface area contributed by atoms with Crippen LogP contribution in [0, 0.1) is 5.92 Å². The smallest absolute Gasteiger partial charge is 0.328 e. The second kappa shape index (κ2) is 10.3. The largest absolute Gasteiger partial charge is 0.467 e. The molecule has 148 valence electrons. The van der Waals surface area contributed by atoms with E-state index in [1.165, 1.54) is 7.11 Å². The minimum absolute atomic E-state index is 0.164. The third-order valence-corrected chi connectivity index (χ3v) is 4.36. The van der Waals surface area contributed by atoms with Crippen LogP contribution in [0.15, 0.2) is 60.7 Å². The molecule has 0 unspecified atom stereocenters. The Hall–Kier alpha value is -3.15. The number of esters is 1. The highest BCUT2D eigenvalue weighted by Crippen LogP contribution is 2.09. The summed E-state index contributed by atoms with van der Waals surface area (Å²) in [5.41, 5.74) is 1.36. The van der Waals surface area contributed by atoms with Crippen molar-refractivity contribution in [1.29, 1.82) is 0 Å². The summed E-state index contributed by atoms with van der Waals surface area (Å²) in [7, 11) is 1.28. The highest BCUT2D eigenvalue weighted by Gasteiger charge is 2.29. The Kier molecular flexibility index (Phi) is 7.75. The van der Waals surface area contributed by atoms with Crippen molar-refractivity contribution in [3.05, 3.63) is 71.8 Å². The fourth-order valence-electron chi connectivity index (χ4n) is 2.80. The fraction of sp³-hybridized carbons (Fsp3) is 0.318. The molecular formula is C22H26N2O4. The minimum Gasteiger partial charge on any atom is -0.467 e. The van der Waals surface area contributed by atoms with Crippen LogP contribution in [-0.4, -0.2) is 37.0 Å². The Bertz CT molecular complexity index is 791. The zero-order valence-corrected chi connectivity index (χ0v) is 16.3. The summed E-state index contributed by atoms with van der Waals surface area (Å²) in [6, 6.07) is 16.4. The lowest BCUT2D eigenvalue weighted by atomic mass is 10.0. The van der Waals surface area contributed by atoms with Gasteiger partial charge in [0, 0.05) is 12.0 Å². The van der Waals surface area contributed by atoms with Crippen molar-refractivity contribution in [3.63, 3.8) is 0 Å². The first-order valence-corrected chi connectivity index (χ1v) is 9.20. The van der Waals surface area contributed by atoms with E-state index in [-0.39, 0.29) is 11.8 Å². The normalized spacial score (nSPS) is 12.7. The maximum absolute atomic E-state index is 12.8. The lowest BCUT2D eigenvalue weighted by molar-refractivity contribution is -0.145. The van der Waals surface area contributed by atoms with Gasteiger partial charge in [-0.1, -0.05) is 62.4 Å². The number of rotatable bonds is 8. The number of hydrogen-bond donors (Lipinski definition) is 2. The number of ether oxygens (including phenoxy) is 1. The van der Waals surface area contributed by atoms with Crippen LogP contribution in [0.25, 0.3) is 0 Å². The second-order valence-corrected chi connectivity index (χ2v) is 6.84. The van der Waals surface area contributed by atoms with Crippen molar-refractivity contribution in [1.82, 2.24) is 10.6 Å². The topological polar surface area (TPSA) is 84.5 Å². The Morgan fingerprint density at radius 3 is 2.00 bits per heavy atom. The summed E-state index contributed by atoms with van der Waals surface area (Å²) in [4.78, 5) is 37.5. The van der Waals surface area contributed by atoms with Gasteiger partial charge in [-0.2, -0.15) is 0 Å². The molecule has 2 N–H and O–H groups in total. The van der Waals surface area contributed by atoms with Gasteiger partial charge in [-0.3, -0.25) is 9.59 Å². The molecule has 6 heteroatoms. The molecule has 0 aromatic heterocycles. The molecule has 2 atom stereocenters. The Morgan fingerprint density at radius 1 is 0.893 bits per heavy atom. The molecule has 0 saturated heterocycles. The number of amides is 2. The second-order valence-electron chi connectivity index (χ2n) is 6.84. The molecule has 6 nitrogen and oxygen atoms in total. The first-order chi connectivity index (χ1) is 13.4. The average molecular weight is 382 g/mol. The van der Waals surface area contributed by atoms with Gasteiger partial charge < -0.3 is 15.4 Å². The fourth-order valence-corrected chi connectivity index (χ4v) is 2.80. The molecule has 0 spiro atoms. The Labute approximate surface area is 165 Å². The van der Waals surface area contributed by atoms with Crippen LogP contribution in [0.2, 0.25) is 0 Å². The summed E-state index contributed by atoms with van der Waals surface area (Å²) in [5, 5.41) is 5.48. The molecule has 2 rings (SSSR count). The zero-order valence-electron chi connectivity index (χ0n) is 16.3. The highest BCUT2D eigenvalue weighted by atomic mass is 16.5. The minimum atomic E-state index is -0.838. The summed E-state index contributed by atoms with van der Waals surface area (Å²) in [6.45, 7) is 3.67. The average Bonchev–Trinajstić information content (AvgIpc) is 2.71. The van der Waals surface area contributed by atoms with Crippen molar-refractivity contribution in [2.45, 2.75) is 32.4 Å². The molecular weight excluding hydrogens is 356 g/mol. The molecule has 2 amide bonds. The lowest BCUT2D eigenvalue weighted by Crippen LogP contribution is -2.54. The number of carbonyl (C=O) groups excluding carboxylic acids is 3. The maximum Gasteiger partial charge on any atom is 0.328 e. The van der Waals surface area contributed by atoms with Crippen LogP contribution in [0.1, 0.15) is 29.8 Å². The summed E-state index contributed by atoms with van der Waals surface area (Å²) in [5.74, 6) is -1.46. The van der Waals surface area contributed by atoms with Gasteiger partial charge in [0.25, 0.3) is 5.91 Å². The van der Waals surface area contributed by atoms with Gasteiger partial charge in [-0.15, -0.1) is 0 Å². The zero-order chi connectivity index (χ0) is 20.5. The van der Waals surface area contributed by atoms with Crippen molar-refractivity contribution in [3.8, 4) is 0 Å². The SMILES string of the molecule is COC(=O)[C@H](Cc1ccccc1)NC(=O)[C@H](NC(=O)c1ccccc1)C(C)C. The Morgan fingerprint density at radius 2 is 1.46 bits per heavy atom. The predicted octanol–water partition coefficient (Wildman–Crippen LogP) is 2.34. The van der Waals surface area contributed by atoms with E-state index in [0.29, 0.717) is 12.0 Å². The molecule has 0 saturated carbocycles. The maximum atomic E-state index is 12.8. The van der Waals surface area contributed by atoms with Crippen molar-refractivity contribution in [2.75, 3.05) is 7.11 Å². The number of hydrogen-bond acceptors (Lipinski definition) is 4. The molecule has 28 heavy (non-hydrogen) atoms. The van der Waals surface area contributed by atoms with Crippen LogP contribution < -0.4 is 10.6 Å². The summed E-state index contributed by atoms with van der Waals surface area (Å²) in [6.07, 6.45) is 0.302. The van der Waals surface area contributed by atoms with Gasteiger partial charge in [0.2, 0.25) is 5.91 Å². The van der Waals surface area contributed by atoms with Gasteiger partial charge in [0.15, 0.2) is 0 Å². The molecule has 0 aliphatic heterocycles. The third-order valence-electron chi connectivity index (χ3n) is 4.36. The van der Waals surface area contributed by atoms with E-state index in [0.717, 1.165) is 5.56 Å². The number of nitrogens with one attached hydrogen (secondary N) is 2. The van der Waals surface area contributed by atoms with Crippen LogP contribution in [0.5, 0.6) is 0 Å². The van der Waals surface area contributed by atoms with Crippen molar-refractivity contribution in [2.24, 2.45) is 5.92 Å². The van der Waals surface area contributed by atoms with E-state index in [1.807, 2.05) is 50.2 Å². The van der Waals surface area contributed by atoms with Gasteiger partial charge in [-0.25, -0.2) is 4.79 Å². The van der Waals surface area contributed by atoms with E-state index in [2.05, 4.69) is 10.6 Å². The van der Waals surface area contributed by atoms with Gasteiger partial charge in [0.1, 0.15) is 12.1 Å². The van der Waals surface area contributed by atoms with Crippen LogP contribution in [0.3, 0.4) is 0 Å². The molecule has 0 aliphatic rings. The lowest BCUT2D eigenvalue weighted by Gasteiger charge is -2.24. The van der Waals surface area contributed by atoms with E-state index >= 15 is 0 Å². The van der Waals surface area contributed by atoms with Crippen molar-refractivity contribution < 1.29 is 19.1 Å². The highest BCUT2D eigenvalue weighted by molar-refractivity contribution is 5.98. The summed E-state index contributed by atoms with van der Waals surface area (Å²) >= 11 is 0. The van der Waals surface area contributed by atoms with Gasteiger partial charge in [-0.05, 0) is 23.6 Å². The third kappa shape index (κ3) is 5.94. The van der Waals surface area contributed by atoms with Crippen LogP contribution >= 0.6 is 0 Å². The number of benzene rings is 2. The molecule has 0 radical (unpaired) electrons. The van der Waals surface area contributed by atoms with Gasteiger partial charge >= 0.3 is 5.97 Å². The number of carbonyl (C=O) groups is 3. The van der Waals surface area contributed by atoms with Crippen LogP contribution in [-0.2, 0) is 20.7 Å². The number of methoxy groups -OCH3 is 1. The standard InChI is InChI=1S/C22H26N2O4/c1-15(2)19(24-20(25)17-12-8-5-9-13-17)21(26)23-18(22(27)28-3)14-16-10-6-4-7-11-16/h4-13,15,18-19H,14H2,1-3H3,(H,23,26)(H,24,25)/t18-,19+/m0/s1. The van der Waals surface area contributed by atoms with E-state index in [1.54, 1.807) is 24.3 Å². The van der Waals surface area contributed by atoms with E-state index in [4.69, 9.17) is 4.74 Å². The summed E-state index contributed by atoms with van der Waals surface area (Å²) < 4.78 is 4.84. The van der Waals surface area contributed by atoms with E-state index < -0.39 is 24.0 Å². The molecule has 2 aromatic carbocycles. The molecule has 0 heterocycles. The van der Waals surface area contributed by atoms with Gasteiger partial charge in [0.05, 0.1) is 7.11 Å². The van der Waals surface area contributed by atoms with Crippen LogP contribution in [0.4, 0.5) is 0 Å². The van der Waals surface area contributed by atoms with Crippen molar-refractivity contribution >= 4 is 17.8 Å². The molecule has 0 aliphatic carbocycles. The van der Waals surface area contributed by atoms with E-state index in [9.17, 15) is 14.4 Å². The quantitative estimate of drug-likeness (QED) is 0.687. The first-order valence-electron chi connectivity index (χ1n) is 9.20. The monoisotopic (exact) mass is 382 g/mol. The predicted molar refractivity (Wildman–Crippen MR) is 107 cm³/mol. The molecule has 0 bridgehead atoms. The first kappa shape index (κ1) is 21.2. The Balaban J connectivity index is 2.11.